The van der Waals surface area contributed by atoms with Crippen molar-refractivity contribution in [1.29, 1.82) is 0 Å². The summed E-state index contributed by atoms with van der Waals surface area (Å²) in [5.74, 6) is -0.231. The van der Waals surface area contributed by atoms with E-state index in [0.717, 1.165) is 19.3 Å². The second kappa shape index (κ2) is 3.58. The van der Waals surface area contributed by atoms with Gasteiger partial charge in [-0.25, -0.2) is 8.78 Å². The third-order valence-corrected chi connectivity index (χ3v) is 3.82. The van der Waals surface area contributed by atoms with Crippen LogP contribution in [0.15, 0.2) is 18.2 Å². The molecule has 0 amide bonds. The van der Waals surface area contributed by atoms with Gasteiger partial charge in [-0.3, -0.25) is 0 Å². The van der Waals surface area contributed by atoms with Gasteiger partial charge in [0.05, 0.1) is 0 Å². The molecule has 1 aromatic rings. The molecular weight excluding hydrogens is 194 g/mol. The normalized spacial score (nSPS) is 19.0. The molecule has 2 heteroatoms. The molecule has 2 rings (SSSR count). The zero-order valence-electron chi connectivity index (χ0n) is 9.19. The predicted molar refractivity (Wildman–Crippen MR) is 56.7 cm³/mol. The van der Waals surface area contributed by atoms with Crippen LogP contribution in [0.5, 0.6) is 0 Å². The van der Waals surface area contributed by atoms with Crippen LogP contribution in [0, 0.1) is 17.6 Å². The monoisotopic (exact) mass is 210 g/mol. The van der Waals surface area contributed by atoms with Crippen LogP contribution in [0.2, 0.25) is 0 Å². The van der Waals surface area contributed by atoms with Gasteiger partial charge in [-0.05, 0) is 42.5 Å². The molecule has 82 valence electrons. The van der Waals surface area contributed by atoms with Crippen LogP contribution >= 0.6 is 0 Å². The zero-order chi connectivity index (χ0) is 11.1. The fourth-order valence-electron chi connectivity index (χ4n) is 2.59. The Morgan fingerprint density at radius 1 is 1.20 bits per heavy atom. The summed E-state index contributed by atoms with van der Waals surface area (Å²) in [5, 5.41) is 0. The highest BCUT2D eigenvalue weighted by Gasteiger charge is 2.43. The van der Waals surface area contributed by atoms with Gasteiger partial charge >= 0.3 is 0 Å². The molecule has 0 aliphatic heterocycles. The Hall–Kier alpha value is -0.920. The van der Waals surface area contributed by atoms with Crippen LogP contribution in [-0.2, 0) is 5.41 Å². The van der Waals surface area contributed by atoms with Crippen molar-refractivity contribution in [2.75, 3.05) is 0 Å². The highest BCUT2D eigenvalue weighted by Crippen LogP contribution is 2.49. The molecule has 0 aromatic heterocycles. The second-order valence-corrected chi connectivity index (χ2v) is 4.79. The fourth-order valence-corrected chi connectivity index (χ4v) is 2.59. The lowest BCUT2D eigenvalue weighted by Gasteiger charge is -2.46. The van der Waals surface area contributed by atoms with Crippen molar-refractivity contribution < 1.29 is 8.78 Å². The molecule has 0 spiro atoms. The minimum atomic E-state index is -0.335. The van der Waals surface area contributed by atoms with E-state index in [1.54, 1.807) is 0 Å². The molecule has 1 aliphatic rings. The van der Waals surface area contributed by atoms with Crippen LogP contribution in [0.4, 0.5) is 8.78 Å². The Kier molecular flexibility index (Phi) is 2.53. The summed E-state index contributed by atoms with van der Waals surface area (Å²) >= 11 is 0. The predicted octanol–water partition coefficient (Wildman–Crippen LogP) is 4.04. The molecule has 15 heavy (non-hydrogen) atoms. The van der Waals surface area contributed by atoms with Crippen molar-refractivity contribution in [2.24, 2.45) is 5.92 Å². The molecule has 0 unspecified atom stereocenters. The minimum absolute atomic E-state index is 0.119. The molecular formula is C13H16F2. The highest BCUT2D eigenvalue weighted by atomic mass is 19.1. The van der Waals surface area contributed by atoms with Gasteiger partial charge in [-0.2, -0.15) is 0 Å². The van der Waals surface area contributed by atoms with E-state index in [4.69, 9.17) is 0 Å². The standard InChI is InChI=1S/C13H16F2/c1-9(2)13(6-3-7-13)11-8-10(14)4-5-12(11)15/h4-5,8-9H,3,6-7H2,1-2H3. The lowest BCUT2D eigenvalue weighted by Crippen LogP contribution is -2.40. The summed E-state index contributed by atoms with van der Waals surface area (Å²) in [6, 6.07) is 3.80. The van der Waals surface area contributed by atoms with Crippen molar-refractivity contribution in [2.45, 2.75) is 38.5 Å². The van der Waals surface area contributed by atoms with Gasteiger partial charge in [0.2, 0.25) is 0 Å². The summed E-state index contributed by atoms with van der Waals surface area (Å²) in [4.78, 5) is 0. The van der Waals surface area contributed by atoms with Crippen molar-refractivity contribution in [3.63, 3.8) is 0 Å². The Labute approximate surface area is 89.3 Å². The number of rotatable bonds is 2. The Morgan fingerprint density at radius 3 is 2.33 bits per heavy atom. The van der Waals surface area contributed by atoms with E-state index < -0.39 is 0 Å². The third kappa shape index (κ3) is 1.56. The molecule has 1 saturated carbocycles. The van der Waals surface area contributed by atoms with Gasteiger partial charge in [-0.15, -0.1) is 0 Å². The maximum atomic E-state index is 13.7. The molecule has 0 saturated heterocycles. The van der Waals surface area contributed by atoms with Gasteiger partial charge in [-0.1, -0.05) is 20.3 Å². The molecule has 1 aromatic carbocycles. The SMILES string of the molecule is CC(C)C1(c2cc(F)ccc2F)CCC1. The average Bonchev–Trinajstić information content (AvgIpc) is 2.08. The lowest BCUT2D eigenvalue weighted by molar-refractivity contribution is 0.163. The van der Waals surface area contributed by atoms with E-state index in [1.807, 2.05) is 0 Å². The first-order chi connectivity index (χ1) is 7.06. The third-order valence-electron chi connectivity index (χ3n) is 3.82. The van der Waals surface area contributed by atoms with Gasteiger partial charge in [0, 0.05) is 5.41 Å². The van der Waals surface area contributed by atoms with Crippen LogP contribution in [0.3, 0.4) is 0 Å². The second-order valence-electron chi connectivity index (χ2n) is 4.79. The van der Waals surface area contributed by atoms with Gasteiger partial charge in [0.1, 0.15) is 11.6 Å². The molecule has 1 aliphatic carbocycles. The molecule has 0 N–H and O–H groups in total. The summed E-state index contributed by atoms with van der Waals surface area (Å²) in [7, 11) is 0. The Morgan fingerprint density at radius 2 is 1.87 bits per heavy atom. The van der Waals surface area contributed by atoms with Gasteiger partial charge < -0.3 is 0 Å². The van der Waals surface area contributed by atoms with Crippen LogP contribution in [0.1, 0.15) is 38.7 Å². The smallest absolute Gasteiger partial charge is 0.127 e. The summed E-state index contributed by atoms with van der Waals surface area (Å²) in [6.07, 6.45) is 3.07. The van der Waals surface area contributed by atoms with Crippen molar-refractivity contribution >= 4 is 0 Å². The molecule has 0 heterocycles. The summed E-state index contributed by atoms with van der Waals surface area (Å²) in [5.41, 5.74) is 0.454. The zero-order valence-corrected chi connectivity index (χ0v) is 9.19. The lowest BCUT2D eigenvalue weighted by atomic mass is 9.58. The largest absolute Gasteiger partial charge is 0.207 e. The minimum Gasteiger partial charge on any atom is -0.207 e. The number of halogens is 2. The van der Waals surface area contributed by atoms with E-state index in [9.17, 15) is 8.78 Å². The summed E-state index contributed by atoms with van der Waals surface area (Å²) in [6.45, 7) is 4.17. The highest BCUT2D eigenvalue weighted by molar-refractivity contribution is 5.31. The maximum absolute atomic E-state index is 13.7. The van der Waals surface area contributed by atoms with Crippen LogP contribution in [-0.4, -0.2) is 0 Å². The average molecular weight is 210 g/mol. The summed E-state index contributed by atoms with van der Waals surface area (Å²) < 4.78 is 26.8. The first-order valence-electron chi connectivity index (χ1n) is 5.52. The van der Waals surface area contributed by atoms with E-state index >= 15 is 0 Å². The quantitative estimate of drug-likeness (QED) is 0.691. The number of benzene rings is 1. The molecule has 0 atom stereocenters. The van der Waals surface area contributed by atoms with E-state index in [0.29, 0.717) is 11.5 Å². The molecule has 0 bridgehead atoms. The molecule has 0 radical (unpaired) electrons. The van der Waals surface area contributed by atoms with Crippen LogP contribution in [0.25, 0.3) is 0 Å². The number of hydrogen-bond acceptors (Lipinski definition) is 0. The van der Waals surface area contributed by atoms with E-state index in [2.05, 4.69) is 13.8 Å². The number of hydrogen-bond donors (Lipinski definition) is 0. The van der Waals surface area contributed by atoms with Crippen molar-refractivity contribution in [3.8, 4) is 0 Å². The molecule has 0 nitrogen and oxygen atoms in total. The first-order valence-corrected chi connectivity index (χ1v) is 5.52. The van der Waals surface area contributed by atoms with Crippen molar-refractivity contribution in [3.05, 3.63) is 35.4 Å². The van der Waals surface area contributed by atoms with Crippen molar-refractivity contribution in [1.82, 2.24) is 0 Å². The maximum Gasteiger partial charge on any atom is 0.127 e. The van der Waals surface area contributed by atoms with E-state index in [-0.39, 0.29) is 17.0 Å². The fraction of sp³-hybridized carbons (Fsp3) is 0.538. The van der Waals surface area contributed by atoms with Gasteiger partial charge in [0.25, 0.3) is 0 Å². The Balaban J connectivity index is 2.47. The topological polar surface area (TPSA) is 0 Å². The molecule has 1 fully saturated rings. The van der Waals surface area contributed by atoms with Gasteiger partial charge in [0.15, 0.2) is 0 Å². The van der Waals surface area contributed by atoms with Crippen LogP contribution < -0.4 is 0 Å². The Bertz CT molecular complexity index is 365. The first kappa shape index (κ1) is 10.6. The van der Waals surface area contributed by atoms with E-state index in [1.165, 1.54) is 18.2 Å².